The van der Waals surface area contributed by atoms with Gasteiger partial charge in [0.05, 0.1) is 4.90 Å². The fraction of sp³-hybridized carbons (Fsp3) is 0.647. The van der Waals surface area contributed by atoms with Crippen LogP contribution >= 0.6 is 0 Å². The molecule has 0 spiro atoms. The summed E-state index contributed by atoms with van der Waals surface area (Å²) in [5, 5.41) is 0. The van der Waals surface area contributed by atoms with Gasteiger partial charge in [-0.15, -0.1) is 0 Å². The largest absolute Gasteiger partial charge is 0.298 e. The highest BCUT2D eigenvalue weighted by molar-refractivity contribution is 7.89. The van der Waals surface area contributed by atoms with Crippen LogP contribution in [0.5, 0.6) is 0 Å². The number of likely N-dealkylation sites (N-methyl/N-ethyl adjacent to an activating group) is 1. The molecule has 122 valence electrons. The molecule has 1 aromatic rings. The van der Waals surface area contributed by atoms with Crippen molar-refractivity contribution in [1.29, 1.82) is 0 Å². The number of nitrogens with zero attached hydrogens (tertiary/aromatic N) is 2. The Kier molecular flexibility index (Phi) is 3.86. The minimum absolute atomic E-state index is 0.0369. The molecule has 0 amide bonds. The molecule has 4 nitrogen and oxygen atoms in total. The third-order valence-corrected chi connectivity index (χ3v) is 7.02. The molecular weight excluding hydrogens is 296 g/mol. The molecule has 2 aliphatic rings. The minimum Gasteiger partial charge on any atom is -0.298 e. The highest BCUT2D eigenvalue weighted by Crippen LogP contribution is 2.32. The van der Waals surface area contributed by atoms with Crippen molar-refractivity contribution in [3.8, 4) is 0 Å². The topological polar surface area (TPSA) is 40.6 Å². The monoisotopic (exact) mass is 322 g/mol. The Morgan fingerprint density at radius 1 is 1.00 bits per heavy atom. The van der Waals surface area contributed by atoms with E-state index in [1.807, 2.05) is 12.1 Å². The van der Waals surface area contributed by atoms with Crippen molar-refractivity contribution in [1.82, 2.24) is 9.21 Å². The van der Waals surface area contributed by atoms with Gasteiger partial charge in [0.2, 0.25) is 10.0 Å². The van der Waals surface area contributed by atoms with E-state index in [2.05, 4.69) is 32.7 Å². The number of fused-ring (bicyclic) bond motifs is 2. The summed E-state index contributed by atoms with van der Waals surface area (Å²) in [6, 6.07) is 8.16. The SMILES string of the molecule is CN1[C@@H]2CC[C@H]1CN(S(=O)(=O)c1ccc(C(C)(C)C)cc1)C2. The molecule has 0 unspecified atom stereocenters. The first kappa shape index (κ1) is 16.0. The molecule has 0 N–H and O–H groups in total. The third kappa shape index (κ3) is 2.70. The normalized spacial score (nSPS) is 27.3. The van der Waals surface area contributed by atoms with E-state index < -0.39 is 10.0 Å². The lowest BCUT2D eigenvalue weighted by molar-refractivity contribution is 0.140. The average molecular weight is 322 g/mol. The van der Waals surface area contributed by atoms with Gasteiger partial charge in [-0.1, -0.05) is 32.9 Å². The van der Waals surface area contributed by atoms with Crippen LogP contribution in [0.25, 0.3) is 0 Å². The van der Waals surface area contributed by atoms with Crippen LogP contribution < -0.4 is 0 Å². The van der Waals surface area contributed by atoms with Gasteiger partial charge in [0, 0.05) is 25.2 Å². The van der Waals surface area contributed by atoms with Crippen LogP contribution in [0.2, 0.25) is 0 Å². The Bertz CT molecular complexity index is 632. The van der Waals surface area contributed by atoms with Crippen molar-refractivity contribution in [2.75, 3.05) is 20.1 Å². The highest BCUT2D eigenvalue weighted by Gasteiger charge is 2.41. The summed E-state index contributed by atoms with van der Waals surface area (Å²) >= 11 is 0. The van der Waals surface area contributed by atoms with Crippen LogP contribution in [-0.4, -0.2) is 49.8 Å². The van der Waals surface area contributed by atoms with Crippen LogP contribution in [0.3, 0.4) is 0 Å². The van der Waals surface area contributed by atoms with Gasteiger partial charge in [-0.25, -0.2) is 8.42 Å². The Balaban J connectivity index is 1.84. The fourth-order valence-electron chi connectivity index (χ4n) is 3.55. The minimum atomic E-state index is -3.37. The molecule has 2 heterocycles. The van der Waals surface area contributed by atoms with Crippen molar-refractivity contribution in [3.63, 3.8) is 0 Å². The summed E-state index contributed by atoms with van der Waals surface area (Å²) in [5.74, 6) is 0. The molecule has 2 bridgehead atoms. The van der Waals surface area contributed by atoms with Crippen LogP contribution in [0.4, 0.5) is 0 Å². The fourth-order valence-corrected chi connectivity index (χ4v) is 5.06. The number of hydrogen-bond donors (Lipinski definition) is 0. The predicted molar refractivity (Wildman–Crippen MR) is 88.5 cm³/mol. The van der Waals surface area contributed by atoms with Crippen molar-refractivity contribution >= 4 is 10.0 Å². The molecule has 0 aromatic heterocycles. The van der Waals surface area contributed by atoms with Gasteiger partial charge >= 0.3 is 0 Å². The summed E-state index contributed by atoms with van der Waals surface area (Å²) in [7, 11) is -1.25. The van der Waals surface area contributed by atoms with E-state index in [9.17, 15) is 8.42 Å². The first-order valence-corrected chi connectivity index (χ1v) is 9.46. The number of sulfonamides is 1. The molecule has 2 fully saturated rings. The molecular formula is C17H26N2O2S. The molecule has 3 rings (SSSR count). The average Bonchev–Trinajstić information content (AvgIpc) is 2.67. The predicted octanol–water partition coefficient (Wildman–Crippen LogP) is 2.45. The van der Waals surface area contributed by atoms with Gasteiger partial charge in [0.25, 0.3) is 0 Å². The molecule has 22 heavy (non-hydrogen) atoms. The summed E-state index contributed by atoms with van der Waals surface area (Å²) in [4.78, 5) is 2.76. The van der Waals surface area contributed by atoms with Gasteiger partial charge in [0.1, 0.15) is 0 Å². The van der Waals surface area contributed by atoms with Gasteiger partial charge in [0.15, 0.2) is 0 Å². The molecule has 0 saturated carbocycles. The Hall–Kier alpha value is -0.910. The van der Waals surface area contributed by atoms with Crippen molar-refractivity contribution in [2.45, 2.75) is 56.0 Å². The second-order valence-electron chi connectivity index (χ2n) is 7.65. The van der Waals surface area contributed by atoms with Crippen LogP contribution in [0.15, 0.2) is 29.2 Å². The zero-order valence-corrected chi connectivity index (χ0v) is 14.7. The summed E-state index contributed by atoms with van der Waals surface area (Å²) in [6.45, 7) is 7.64. The molecule has 2 saturated heterocycles. The maximum absolute atomic E-state index is 12.9. The first-order chi connectivity index (χ1) is 10.2. The molecule has 0 radical (unpaired) electrons. The molecule has 2 aliphatic heterocycles. The molecule has 2 atom stereocenters. The smallest absolute Gasteiger partial charge is 0.243 e. The van der Waals surface area contributed by atoms with Crippen molar-refractivity contribution in [3.05, 3.63) is 29.8 Å². The Morgan fingerprint density at radius 3 is 1.95 bits per heavy atom. The van der Waals surface area contributed by atoms with Crippen LogP contribution in [-0.2, 0) is 15.4 Å². The number of hydrogen-bond acceptors (Lipinski definition) is 3. The maximum Gasteiger partial charge on any atom is 0.243 e. The molecule has 0 aliphatic carbocycles. The van der Waals surface area contributed by atoms with E-state index >= 15 is 0 Å². The second-order valence-corrected chi connectivity index (χ2v) is 9.58. The zero-order valence-electron chi connectivity index (χ0n) is 13.9. The molecule has 5 heteroatoms. The molecule has 1 aromatic carbocycles. The van der Waals surface area contributed by atoms with Crippen LogP contribution in [0, 0.1) is 0 Å². The zero-order chi connectivity index (χ0) is 16.1. The highest BCUT2D eigenvalue weighted by atomic mass is 32.2. The Morgan fingerprint density at radius 2 is 1.50 bits per heavy atom. The standard InChI is InChI=1S/C17H26N2O2S/c1-17(2,3)13-5-9-16(10-6-13)22(20,21)19-11-14-7-8-15(12-19)18(14)4/h5-6,9-10,14-15H,7-8,11-12H2,1-4H3/t14-,15+. The third-order valence-electron chi connectivity index (χ3n) is 5.17. The summed E-state index contributed by atoms with van der Waals surface area (Å²) < 4.78 is 27.4. The van der Waals surface area contributed by atoms with Crippen molar-refractivity contribution in [2.24, 2.45) is 0 Å². The lowest BCUT2D eigenvalue weighted by Gasteiger charge is -2.38. The quantitative estimate of drug-likeness (QED) is 0.840. The van der Waals surface area contributed by atoms with E-state index in [-0.39, 0.29) is 5.41 Å². The lowest BCUT2D eigenvalue weighted by atomic mass is 9.87. The van der Waals surface area contributed by atoms with Gasteiger partial charge in [-0.2, -0.15) is 4.31 Å². The first-order valence-electron chi connectivity index (χ1n) is 8.02. The van der Waals surface area contributed by atoms with Crippen molar-refractivity contribution < 1.29 is 8.42 Å². The second kappa shape index (κ2) is 5.32. The van der Waals surface area contributed by atoms with E-state index in [1.165, 1.54) is 0 Å². The number of benzene rings is 1. The van der Waals surface area contributed by atoms with Gasteiger partial charge < -0.3 is 0 Å². The number of piperazine rings is 1. The maximum atomic E-state index is 12.9. The summed E-state index contributed by atoms with van der Waals surface area (Å²) in [6.07, 6.45) is 2.21. The van der Waals surface area contributed by atoms with Crippen LogP contribution in [0.1, 0.15) is 39.2 Å². The summed E-state index contributed by atoms with van der Waals surface area (Å²) in [5.41, 5.74) is 1.19. The van der Waals surface area contributed by atoms with E-state index in [0.29, 0.717) is 30.1 Å². The Labute approximate surface area is 134 Å². The van der Waals surface area contributed by atoms with Gasteiger partial charge in [-0.05, 0) is 43.0 Å². The van der Waals surface area contributed by atoms with E-state index in [4.69, 9.17) is 0 Å². The van der Waals surface area contributed by atoms with E-state index in [0.717, 1.165) is 18.4 Å². The van der Waals surface area contributed by atoms with E-state index in [1.54, 1.807) is 16.4 Å². The number of rotatable bonds is 2. The lowest BCUT2D eigenvalue weighted by Crippen LogP contribution is -2.53. The van der Waals surface area contributed by atoms with Gasteiger partial charge in [-0.3, -0.25) is 4.90 Å².